The number of amides is 1. The Morgan fingerprint density at radius 2 is 2.13 bits per heavy atom. The lowest BCUT2D eigenvalue weighted by Crippen LogP contribution is -2.29. The second kappa shape index (κ2) is 9.99. The molecule has 1 aliphatic heterocycles. The van der Waals surface area contributed by atoms with Gasteiger partial charge in [0.2, 0.25) is 0 Å². The molecular formula is C23H26N4O4. The highest BCUT2D eigenvalue weighted by atomic mass is 16.6. The van der Waals surface area contributed by atoms with Gasteiger partial charge in [-0.2, -0.15) is 5.10 Å². The lowest BCUT2D eigenvalue weighted by atomic mass is 10.1. The Labute approximate surface area is 180 Å². The molecule has 2 aromatic carbocycles. The minimum atomic E-state index is -0.553. The number of benzene rings is 2. The fraction of sp³-hybridized carbons (Fsp3) is 0.304. The van der Waals surface area contributed by atoms with Crippen molar-refractivity contribution in [1.29, 1.82) is 0 Å². The molecular weight excluding hydrogens is 396 g/mol. The molecule has 2 heterocycles. The van der Waals surface area contributed by atoms with E-state index < -0.39 is 6.09 Å². The van der Waals surface area contributed by atoms with Gasteiger partial charge in [0.05, 0.1) is 13.3 Å². The largest absolute Gasteiger partial charge is 0.497 e. The van der Waals surface area contributed by atoms with Gasteiger partial charge in [0.1, 0.15) is 12.4 Å². The van der Waals surface area contributed by atoms with Crippen LogP contribution in [0.2, 0.25) is 0 Å². The number of H-pyrrole nitrogens is 1. The van der Waals surface area contributed by atoms with Crippen molar-refractivity contribution in [3.8, 4) is 28.4 Å². The summed E-state index contributed by atoms with van der Waals surface area (Å²) in [6.45, 7) is 1.83. The lowest BCUT2D eigenvalue weighted by molar-refractivity contribution is 0.195. The fourth-order valence-corrected chi connectivity index (χ4v) is 3.48. The van der Waals surface area contributed by atoms with Gasteiger partial charge in [-0.3, -0.25) is 5.10 Å². The number of nitrogens with zero attached hydrogens (tertiary/aromatic N) is 1. The van der Waals surface area contributed by atoms with Crippen molar-refractivity contribution in [2.24, 2.45) is 0 Å². The van der Waals surface area contributed by atoms with E-state index in [-0.39, 0.29) is 0 Å². The van der Waals surface area contributed by atoms with Gasteiger partial charge >= 0.3 is 6.09 Å². The molecule has 1 amide bonds. The van der Waals surface area contributed by atoms with E-state index in [9.17, 15) is 4.79 Å². The lowest BCUT2D eigenvalue weighted by Gasteiger charge is -2.16. The van der Waals surface area contributed by atoms with E-state index in [1.54, 1.807) is 25.6 Å². The van der Waals surface area contributed by atoms with Crippen LogP contribution in [0.4, 0.5) is 4.79 Å². The predicted octanol–water partition coefficient (Wildman–Crippen LogP) is 3.50. The first-order valence-corrected chi connectivity index (χ1v) is 10.3. The average molecular weight is 422 g/mol. The third-order valence-electron chi connectivity index (χ3n) is 5.15. The summed E-state index contributed by atoms with van der Waals surface area (Å²) in [5.74, 6) is 1.62. The number of rotatable bonds is 8. The van der Waals surface area contributed by atoms with E-state index in [2.05, 4.69) is 20.8 Å². The van der Waals surface area contributed by atoms with Crippen molar-refractivity contribution in [1.82, 2.24) is 20.8 Å². The minimum absolute atomic E-state index is 0.298. The summed E-state index contributed by atoms with van der Waals surface area (Å²) in [7, 11) is 1.61. The van der Waals surface area contributed by atoms with E-state index in [0.717, 1.165) is 41.8 Å². The standard InChI is InChI=1S/C23H26N4O4/c1-29-20-6-2-4-16(10-20)12-25-23(28)31-21-8-7-17(18-13-26-27-14-18)11-22(21)30-15-19-5-3-9-24-19/h2,4,6-8,10-11,13-14,19,24H,3,5,9,12,15H2,1H3,(H,25,28)(H,26,27). The zero-order valence-electron chi connectivity index (χ0n) is 17.4. The van der Waals surface area contributed by atoms with Gasteiger partial charge in [0, 0.05) is 24.3 Å². The first-order valence-electron chi connectivity index (χ1n) is 10.3. The van der Waals surface area contributed by atoms with E-state index in [0.29, 0.717) is 30.7 Å². The van der Waals surface area contributed by atoms with Crippen LogP contribution >= 0.6 is 0 Å². The molecule has 1 aromatic heterocycles. The first kappa shape index (κ1) is 20.7. The molecule has 0 radical (unpaired) electrons. The van der Waals surface area contributed by atoms with Crippen molar-refractivity contribution in [3.05, 3.63) is 60.4 Å². The summed E-state index contributed by atoms with van der Waals surface area (Å²) in [4.78, 5) is 12.4. The molecule has 0 bridgehead atoms. The molecule has 1 saturated heterocycles. The molecule has 4 rings (SSSR count). The van der Waals surface area contributed by atoms with Crippen molar-refractivity contribution in [2.75, 3.05) is 20.3 Å². The van der Waals surface area contributed by atoms with Crippen LogP contribution in [-0.2, 0) is 6.54 Å². The SMILES string of the molecule is COc1cccc(CNC(=O)Oc2ccc(-c3cn[nH]c3)cc2OCC2CCCN2)c1. The van der Waals surface area contributed by atoms with Gasteiger partial charge in [-0.1, -0.05) is 18.2 Å². The number of carbonyl (C=O) groups excluding carboxylic acids is 1. The molecule has 1 aliphatic rings. The Hall–Kier alpha value is -3.52. The van der Waals surface area contributed by atoms with Crippen LogP contribution in [0.15, 0.2) is 54.9 Å². The van der Waals surface area contributed by atoms with E-state index >= 15 is 0 Å². The zero-order chi connectivity index (χ0) is 21.5. The molecule has 1 unspecified atom stereocenters. The van der Waals surface area contributed by atoms with Gasteiger partial charge in [-0.15, -0.1) is 0 Å². The van der Waals surface area contributed by atoms with Gasteiger partial charge in [-0.25, -0.2) is 4.79 Å². The number of hydrogen-bond donors (Lipinski definition) is 3. The van der Waals surface area contributed by atoms with Crippen LogP contribution in [0.3, 0.4) is 0 Å². The number of hydrogen-bond acceptors (Lipinski definition) is 6. The number of aromatic amines is 1. The topological polar surface area (TPSA) is 97.5 Å². The maximum absolute atomic E-state index is 12.4. The van der Waals surface area contributed by atoms with Crippen molar-refractivity contribution in [2.45, 2.75) is 25.4 Å². The highest BCUT2D eigenvalue weighted by Crippen LogP contribution is 2.33. The molecule has 1 atom stereocenters. The number of aromatic nitrogens is 2. The first-order chi connectivity index (χ1) is 15.2. The minimum Gasteiger partial charge on any atom is -0.497 e. The molecule has 162 valence electrons. The monoisotopic (exact) mass is 422 g/mol. The zero-order valence-corrected chi connectivity index (χ0v) is 17.4. The number of carbonyl (C=O) groups is 1. The maximum Gasteiger partial charge on any atom is 0.413 e. The summed E-state index contributed by atoms with van der Waals surface area (Å²) in [5, 5.41) is 13.0. The number of ether oxygens (including phenoxy) is 3. The summed E-state index contributed by atoms with van der Waals surface area (Å²) in [5.41, 5.74) is 2.76. The Morgan fingerprint density at radius 3 is 2.90 bits per heavy atom. The van der Waals surface area contributed by atoms with Crippen molar-refractivity contribution >= 4 is 6.09 Å². The fourth-order valence-electron chi connectivity index (χ4n) is 3.48. The number of nitrogens with one attached hydrogen (secondary N) is 3. The van der Waals surface area contributed by atoms with Crippen LogP contribution in [-0.4, -0.2) is 42.6 Å². The third kappa shape index (κ3) is 5.55. The Kier molecular flexibility index (Phi) is 6.68. The van der Waals surface area contributed by atoms with Crippen molar-refractivity contribution in [3.63, 3.8) is 0 Å². The Bertz CT molecular complexity index is 1000. The van der Waals surface area contributed by atoms with Crippen LogP contribution in [0, 0.1) is 0 Å². The summed E-state index contributed by atoms with van der Waals surface area (Å²) >= 11 is 0. The molecule has 0 aliphatic carbocycles. The Balaban J connectivity index is 1.44. The highest BCUT2D eigenvalue weighted by Gasteiger charge is 2.17. The molecule has 3 aromatic rings. The average Bonchev–Trinajstić information content (AvgIpc) is 3.51. The summed E-state index contributed by atoms with van der Waals surface area (Å²) < 4.78 is 16.8. The van der Waals surface area contributed by atoms with E-state index in [1.807, 2.05) is 36.4 Å². The second-order valence-corrected chi connectivity index (χ2v) is 7.35. The van der Waals surface area contributed by atoms with Crippen LogP contribution < -0.4 is 24.8 Å². The van der Waals surface area contributed by atoms with Gasteiger partial charge in [-0.05, 0) is 54.8 Å². The molecule has 8 nitrogen and oxygen atoms in total. The Morgan fingerprint density at radius 1 is 1.19 bits per heavy atom. The quantitative estimate of drug-likeness (QED) is 0.514. The smallest absolute Gasteiger partial charge is 0.413 e. The molecule has 1 fully saturated rings. The van der Waals surface area contributed by atoms with Crippen LogP contribution in [0.5, 0.6) is 17.2 Å². The van der Waals surface area contributed by atoms with Crippen molar-refractivity contribution < 1.29 is 19.0 Å². The van der Waals surface area contributed by atoms with Crippen LogP contribution in [0.1, 0.15) is 18.4 Å². The summed E-state index contributed by atoms with van der Waals surface area (Å²) in [6.07, 6.45) is 5.19. The van der Waals surface area contributed by atoms with E-state index in [4.69, 9.17) is 14.2 Å². The predicted molar refractivity (Wildman–Crippen MR) is 116 cm³/mol. The molecule has 3 N–H and O–H groups in total. The highest BCUT2D eigenvalue weighted by molar-refractivity contribution is 5.73. The maximum atomic E-state index is 12.4. The molecule has 31 heavy (non-hydrogen) atoms. The molecule has 0 spiro atoms. The summed E-state index contributed by atoms with van der Waals surface area (Å²) in [6, 6.07) is 13.3. The molecule has 8 heteroatoms. The van der Waals surface area contributed by atoms with Gasteiger partial charge in [0.15, 0.2) is 11.5 Å². The normalized spacial score (nSPS) is 15.5. The van der Waals surface area contributed by atoms with Gasteiger partial charge in [0.25, 0.3) is 0 Å². The van der Waals surface area contributed by atoms with Crippen LogP contribution in [0.25, 0.3) is 11.1 Å². The second-order valence-electron chi connectivity index (χ2n) is 7.35. The number of methoxy groups -OCH3 is 1. The van der Waals surface area contributed by atoms with Gasteiger partial charge < -0.3 is 24.8 Å². The molecule has 0 saturated carbocycles. The van der Waals surface area contributed by atoms with E-state index in [1.165, 1.54) is 0 Å². The third-order valence-corrected chi connectivity index (χ3v) is 5.15.